The molecule has 4 heterocycles. The molecule has 2 aromatic carbocycles. The highest BCUT2D eigenvalue weighted by molar-refractivity contribution is 7.91. The number of nitrogens with one attached hydrogen (secondary N) is 1. The number of alkyl halides is 3. The molecule has 0 radical (unpaired) electrons. The number of carbonyl (C=O) groups is 4. The van der Waals surface area contributed by atoms with Gasteiger partial charge in [-0.05, 0) is 119 Å². The van der Waals surface area contributed by atoms with Crippen molar-refractivity contribution >= 4 is 50.1 Å². The van der Waals surface area contributed by atoms with Crippen LogP contribution in [-0.2, 0) is 38.7 Å². The maximum atomic E-state index is 15.2. The molecule has 2 saturated carbocycles. The number of hydrogen-bond donors (Lipinski definition) is 1. The first kappa shape index (κ1) is 50.2. The van der Waals surface area contributed by atoms with Crippen LogP contribution >= 0.6 is 0 Å². The van der Waals surface area contributed by atoms with Crippen LogP contribution in [0.25, 0.3) is 22.0 Å². The molecule has 0 unspecified atom stereocenters. The Labute approximate surface area is 401 Å². The molecule has 0 spiro atoms. The quantitative estimate of drug-likeness (QED) is 0.146. The zero-order valence-electron chi connectivity index (χ0n) is 40.1. The van der Waals surface area contributed by atoms with Crippen LogP contribution in [0, 0.1) is 29.1 Å². The number of sulfonamides is 1. The molecule has 1 aromatic heterocycles. The molecule has 2 aliphatic carbocycles. The van der Waals surface area contributed by atoms with Gasteiger partial charge in [-0.3, -0.25) is 23.9 Å². The van der Waals surface area contributed by atoms with Gasteiger partial charge >= 0.3 is 12.1 Å². The molecule has 14 nitrogen and oxygen atoms in total. The smallest absolute Gasteiger partial charge is 0.427 e. The molecule has 0 bridgehead atoms. The zero-order chi connectivity index (χ0) is 49.7. The monoisotopic (exact) mass is 980 g/mol. The molecule has 69 heavy (non-hydrogen) atoms. The van der Waals surface area contributed by atoms with Gasteiger partial charge in [0.05, 0.1) is 61.1 Å². The lowest BCUT2D eigenvalue weighted by atomic mass is 9.82. The van der Waals surface area contributed by atoms with Crippen molar-refractivity contribution in [2.75, 3.05) is 44.9 Å². The Morgan fingerprint density at radius 1 is 1.00 bits per heavy atom. The summed E-state index contributed by atoms with van der Waals surface area (Å²) < 4.78 is 92.7. The van der Waals surface area contributed by atoms with Gasteiger partial charge in [0.2, 0.25) is 33.3 Å². The number of amides is 2. The predicted molar refractivity (Wildman–Crippen MR) is 252 cm³/mol. The largest absolute Gasteiger partial charge is 0.497 e. The topological polar surface area (TPSA) is 171 Å². The third kappa shape index (κ3) is 10.6. The first-order chi connectivity index (χ1) is 32.5. The number of nitrogens with zero attached hydrogens (tertiary/aromatic N) is 3. The molecule has 3 aromatic rings. The SMILES string of the molecule is COc1ccc2c(O[C@@H]3C[C@H]4C(=O)C[C@]5(C(=O)NS(=O)(=O)C6(C)CC6)C[C@H]5/C=C\CC[C@@H](C)C[C@@H](C)[C@H](CC(=O)OC(C)(C)C(F)(F)F)C(=O)N4C3)nc(-c3ccc(N4CCOCC4)cc3)cc2c1. The summed E-state index contributed by atoms with van der Waals surface area (Å²) in [5.74, 6) is -4.51. The van der Waals surface area contributed by atoms with Crippen molar-refractivity contribution in [3.63, 3.8) is 0 Å². The van der Waals surface area contributed by atoms with Gasteiger partial charge < -0.3 is 28.7 Å². The predicted octanol–water partition coefficient (Wildman–Crippen LogP) is 7.96. The molecule has 2 amide bonds. The normalized spacial score (nSPS) is 28.1. The maximum absolute atomic E-state index is 15.2. The number of rotatable bonds is 11. The number of methoxy groups -OCH3 is 1. The summed E-state index contributed by atoms with van der Waals surface area (Å²) in [5, 5.41) is 1.36. The Balaban J connectivity index is 1.15. The number of allylic oxidation sites excluding steroid dienone is 2. The van der Waals surface area contributed by atoms with Crippen molar-refractivity contribution in [1.82, 2.24) is 14.6 Å². The summed E-state index contributed by atoms with van der Waals surface area (Å²) in [4.78, 5) is 66.4. The summed E-state index contributed by atoms with van der Waals surface area (Å²) >= 11 is 0. The van der Waals surface area contributed by atoms with Gasteiger partial charge in [0.25, 0.3) is 0 Å². The number of ether oxygens (including phenoxy) is 4. The Kier molecular flexibility index (Phi) is 13.9. The van der Waals surface area contributed by atoms with E-state index in [1.54, 1.807) is 33.1 Å². The maximum Gasteiger partial charge on any atom is 0.427 e. The zero-order valence-corrected chi connectivity index (χ0v) is 40.9. The van der Waals surface area contributed by atoms with Crippen LogP contribution < -0.4 is 19.1 Å². The molecular formula is C51H63F3N4O10S. The number of ketones is 1. The van der Waals surface area contributed by atoms with Crippen LogP contribution in [-0.4, -0.2) is 110 Å². The van der Waals surface area contributed by atoms with Gasteiger partial charge in [-0.25, -0.2) is 13.4 Å². The van der Waals surface area contributed by atoms with Crippen LogP contribution in [0.3, 0.4) is 0 Å². The molecular weight excluding hydrogens is 918 g/mol. The number of Topliss-reactive ketones (excluding diaryl/α,β-unsaturated/α-hetero) is 1. The molecule has 7 atom stereocenters. The highest BCUT2D eigenvalue weighted by atomic mass is 32.2. The van der Waals surface area contributed by atoms with Gasteiger partial charge in [0.1, 0.15) is 11.9 Å². The van der Waals surface area contributed by atoms with Gasteiger partial charge in [-0.15, -0.1) is 0 Å². The molecule has 5 aliphatic rings. The highest BCUT2D eigenvalue weighted by Crippen LogP contribution is 2.58. The average molecular weight is 981 g/mol. The van der Waals surface area contributed by atoms with Gasteiger partial charge in [-0.1, -0.05) is 38.1 Å². The standard InChI is InChI=1S/C51H63F3N4O10S/c1-31-9-7-8-10-35-28-50(35,47(62)56-69(63,64)49(5)17-18-49)29-43(59)42-26-38(30-58(42)46(61)40(32(2)23-31)27-44(60)68-48(3,4)51(52,53)54)67-45-39-16-15-37(65-6)24-34(39)25-41(55-45)33-11-13-36(14-12-33)57-19-21-66-22-20-57/h8,10-16,24-25,31-32,35,38,40,42H,7,9,17-23,26-30H2,1-6H3,(H,56,62)/b10-8-/t31-,32-,35-,38-,40+,42+,50-/m1/s1. The Hall–Kier alpha value is -5.23. The number of anilines is 1. The van der Waals surface area contributed by atoms with E-state index in [9.17, 15) is 36.0 Å². The van der Waals surface area contributed by atoms with E-state index in [2.05, 4.69) is 9.62 Å². The lowest BCUT2D eigenvalue weighted by Gasteiger charge is -2.33. The van der Waals surface area contributed by atoms with E-state index in [0.29, 0.717) is 62.1 Å². The molecule has 18 heteroatoms. The lowest BCUT2D eigenvalue weighted by Crippen LogP contribution is -2.48. The van der Waals surface area contributed by atoms with Crippen molar-refractivity contribution in [2.24, 2.45) is 29.1 Å². The summed E-state index contributed by atoms with van der Waals surface area (Å²) in [6.07, 6.45) is -0.421. The minimum atomic E-state index is -4.88. The summed E-state index contributed by atoms with van der Waals surface area (Å²) in [6, 6.07) is 14.1. The van der Waals surface area contributed by atoms with Crippen molar-refractivity contribution in [2.45, 2.75) is 121 Å². The van der Waals surface area contributed by atoms with Crippen molar-refractivity contribution in [3.8, 4) is 22.9 Å². The number of halogens is 3. The van der Waals surface area contributed by atoms with E-state index in [4.69, 9.17) is 23.9 Å². The number of hydrogen-bond acceptors (Lipinski definition) is 12. The van der Waals surface area contributed by atoms with E-state index >= 15 is 4.79 Å². The molecule has 1 N–H and O–H groups in total. The van der Waals surface area contributed by atoms with Crippen LogP contribution in [0.5, 0.6) is 11.6 Å². The second-order valence-electron chi connectivity index (χ2n) is 20.6. The number of benzene rings is 2. The first-order valence-electron chi connectivity index (χ1n) is 24.0. The number of carbonyl (C=O) groups excluding carboxylic acids is 4. The lowest BCUT2D eigenvalue weighted by molar-refractivity contribution is -0.257. The molecule has 4 fully saturated rings. The fourth-order valence-electron chi connectivity index (χ4n) is 10.0. The Morgan fingerprint density at radius 2 is 1.71 bits per heavy atom. The van der Waals surface area contributed by atoms with Crippen molar-refractivity contribution in [3.05, 3.63) is 60.7 Å². The van der Waals surface area contributed by atoms with Crippen LogP contribution in [0.1, 0.15) is 92.4 Å². The Morgan fingerprint density at radius 3 is 2.38 bits per heavy atom. The molecule has 2 saturated heterocycles. The fourth-order valence-corrected chi connectivity index (χ4v) is 11.4. The van der Waals surface area contributed by atoms with E-state index in [1.165, 1.54) is 4.90 Å². The second-order valence-corrected chi connectivity index (χ2v) is 22.8. The minimum Gasteiger partial charge on any atom is -0.497 e. The summed E-state index contributed by atoms with van der Waals surface area (Å²) in [6.45, 7) is 9.46. The van der Waals surface area contributed by atoms with Crippen molar-refractivity contribution in [1.29, 1.82) is 0 Å². The molecule has 374 valence electrons. The third-order valence-electron chi connectivity index (χ3n) is 15.1. The highest BCUT2D eigenvalue weighted by Gasteiger charge is 2.63. The van der Waals surface area contributed by atoms with Crippen LogP contribution in [0.15, 0.2) is 60.7 Å². The summed E-state index contributed by atoms with van der Waals surface area (Å²) in [7, 11) is -2.50. The number of fused-ring (bicyclic) bond motifs is 3. The van der Waals surface area contributed by atoms with Crippen LogP contribution in [0.4, 0.5) is 18.9 Å². The Bertz CT molecular complexity index is 2600. The van der Waals surface area contributed by atoms with E-state index < -0.39 is 98.3 Å². The molecule has 8 rings (SSSR count). The van der Waals surface area contributed by atoms with E-state index in [1.807, 2.05) is 55.5 Å². The van der Waals surface area contributed by atoms with Gasteiger partial charge in [-0.2, -0.15) is 13.2 Å². The van der Waals surface area contributed by atoms with E-state index in [0.717, 1.165) is 43.6 Å². The first-order valence-corrected chi connectivity index (χ1v) is 25.5. The fraction of sp³-hybridized carbons (Fsp3) is 0.588. The number of morpholine rings is 1. The number of aromatic nitrogens is 1. The second kappa shape index (κ2) is 19.2. The van der Waals surface area contributed by atoms with Crippen LogP contribution in [0.2, 0.25) is 0 Å². The summed E-state index contributed by atoms with van der Waals surface area (Å²) in [5.41, 5.74) is -1.82. The van der Waals surface area contributed by atoms with Gasteiger partial charge in [0.15, 0.2) is 5.78 Å². The third-order valence-corrected chi connectivity index (χ3v) is 17.2. The number of esters is 1. The van der Waals surface area contributed by atoms with Crippen molar-refractivity contribution < 1.29 is 59.7 Å². The van der Waals surface area contributed by atoms with Gasteiger partial charge in [0, 0.05) is 42.6 Å². The average Bonchev–Trinajstić information content (AvgIpc) is 4.19. The number of pyridine rings is 1. The molecule has 3 aliphatic heterocycles. The van der Waals surface area contributed by atoms with E-state index in [-0.39, 0.29) is 31.2 Å². The minimum absolute atomic E-state index is 0.00248.